The first-order chi connectivity index (χ1) is 9.83. The number of hydrogen-bond donors (Lipinski definition) is 0. The van der Waals surface area contributed by atoms with Gasteiger partial charge in [0, 0.05) is 6.42 Å². The minimum atomic E-state index is -0.0623. The van der Waals surface area contributed by atoms with Crippen LogP contribution in [0.15, 0.2) is 0 Å². The highest BCUT2D eigenvalue weighted by molar-refractivity contribution is 5.68. The van der Waals surface area contributed by atoms with Crippen LogP contribution in [0.2, 0.25) is 0 Å². The molecule has 0 unspecified atom stereocenters. The molecular formula is C18H34O2. The molecule has 0 spiro atoms. The number of unbranched alkanes of at least 4 members (excludes halogenated alkanes) is 7. The third kappa shape index (κ3) is 9.39. The molecule has 1 saturated carbocycles. The molecule has 2 nitrogen and oxygen atoms in total. The van der Waals surface area contributed by atoms with E-state index in [1.54, 1.807) is 0 Å². The van der Waals surface area contributed by atoms with E-state index < -0.39 is 0 Å². The third-order valence-electron chi connectivity index (χ3n) is 4.70. The van der Waals surface area contributed by atoms with Crippen molar-refractivity contribution in [3.05, 3.63) is 0 Å². The first kappa shape index (κ1) is 17.5. The van der Waals surface area contributed by atoms with E-state index in [9.17, 15) is 4.79 Å². The van der Waals surface area contributed by atoms with Crippen molar-refractivity contribution >= 4 is 5.97 Å². The quantitative estimate of drug-likeness (QED) is 0.362. The van der Waals surface area contributed by atoms with Gasteiger partial charge < -0.3 is 4.74 Å². The summed E-state index contributed by atoms with van der Waals surface area (Å²) >= 11 is 0. The van der Waals surface area contributed by atoms with E-state index >= 15 is 0 Å². The highest BCUT2D eigenvalue weighted by Gasteiger charge is 2.12. The molecular weight excluding hydrogens is 248 g/mol. The average Bonchev–Trinajstić information content (AvgIpc) is 2.50. The van der Waals surface area contributed by atoms with Crippen molar-refractivity contribution < 1.29 is 9.53 Å². The van der Waals surface area contributed by atoms with E-state index in [0.717, 1.165) is 12.3 Å². The van der Waals surface area contributed by atoms with Gasteiger partial charge in [-0.15, -0.1) is 0 Å². The van der Waals surface area contributed by atoms with Gasteiger partial charge in [0.05, 0.1) is 7.11 Å². The summed E-state index contributed by atoms with van der Waals surface area (Å²) < 4.78 is 4.63. The van der Waals surface area contributed by atoms with Crippen LogP contribution in [0.3, 0.4) is 0 Å². The molecule has 0 amide bonds. The van der Waals surface area contributed by atoms with E-state index in [1.165, 1.54) is 90.6 Å². The minimum absolute atomic E-state index is 0.0623. The molecule has 0 N–H and O–H groups in total. The second-order valence-electron chi connectivity index (χ2n) is 6.45. The van der Waals surface area contributed by atoms with Gasteiger partial charge in [0.2, 0.25) is 0 Å². The standard InChI is InChI=1S/C18H34O2/c1-20-18(19)16-12-7-5-3-2-4-6-9-13-17-14-10-8-11-15-17/h17H,2-16H2,1H3. The normalized spacial score (nSPS) is 16.2. The largest absolute Gasteiger partial charge is 0.469 e. The van der Waals surface area contributed by atoms with E-state index in [4.69, 9.17) is 0 Å². The summed E-state index contributed by atoms with van der Waals surface area (Å²) in [6, 6.07) is 0. The average molecular weight is 282 g/mol. The van der Waals surface area contributed by atoms with E-state index in [1.807, 2.05) is 0 Å². The van der Waals surface area contributed by atoms with Crippen LogP contribution in [-0.4, -0.2) is 13.1 Å². The minimum Gasteiger partial charge on any atom is -0.469 e. The monoisotopic (exact) mass is 282 g/mol. The van der Waals surface area contributed by atoms with Gasteiger partial charge in [-0.3, -0.25) is 4.79 Å². The molecule has 118 valence electrons. The van der Waals surface area contributed by atoms with Crippen LogP contribution in [0.5, 0.6) is 0 Å². The summed E-state index contributed by atoms with van der Waals surface area (Å²) in [7, 11) is 1.47. The highest BCUT2D eigenvalue weighted by atomic mass is 16.5. The Morgan fingerprint density at radius 1 is 0.850 bits per heavy atom. The Labute approximate surface area is 125 Å². The Hall–Kier alpha value is -0.530. The molecule has 0 atom stereocenters. The van der Waals surface area contributed by atoms with Crippen molar-refractivity contribution in [2.75, 3.05) is 7.11 Å². The van der Waals surface area contributed by atoms with Gasteiger partial charge in [0.1, 0.15) is 0 Å². The maximum Gasteiger partial charge on any atom is 0.305 e. The van der Waals surface area contributed by atoms with Gasteiger partial charge in [-0.1, -0.05) is 83.5 Å². The molecule has 0 saturated heterocycles. The lowest BCUT2D eigenvalue weighted by atomic mass is 9.85. The lowest BCUT2D eigenvalue weighted by Gasteiger charge is -2.21. The fraction of sp³-hybridized carbons (Fsp3) is 0.944. The highest BCUT2D eigenvalue weighted by Crippen LogP contribution is 2.28. The van der Waals surface area contributed by atoms with Crippen molar-refractivity contribution in [2.45, 2.75) is 96.3 Å². The lowest BCUT2D eigenvalue weighted by Crippen LogP contribution is -2.05. The molecule has 0 bridgehead atoms. The van der Waals surface area contributed by atoms with Crippen LogP contribution >= 0.6 is 0 Å². The Bertz CT molecular complexity index is 232. The number of esters is 1. The van der Waals surface area contributed by atoms with Gasteiger partial charge in [-0.2, -0.15) is 0 Å². The molecule has 1 fully saturated rings. The van der Waals surface area contributed by atoms with Crippen molar-refractivity contribution in [1.82, 2.24) is 0 Å². The van der Waals surface area contributed by atoms with E-state index in [-0.39, 0.29) is 5.97 Å². The zero-order chi connectivity index (χ0) is 14.5. The van der Waals surface area contributed by atoms with Gasteiger partial charge in [-0.05, 0) is 12.3 Å². The molecule has 1 aliphatic rings. The summed E-state index contributed by atoms with van der Waals surface area (Å²) in [6.45, 7) is 0. The topological polar surface area (TPSA) is 26.3 Å². The Morgan fingerprint density at radius 3 is 2.00 bits per heavy atom. The Balaban J connectivity index is 1.75. The molecule has 0 aromatic heterocycles. The van der Waals surface area contributed by atoms with Crippen molar-refractivity contribution in [3.8, 4) is 0 Å². The van der Waals surface area contributed by atoms with Crippen molar-refractivity contribution in [2.24, 2.45) is 5.92 Å². The number of carbonyl (C=O) groups excluding carboxylic acids is 1. The van der Waals surface area contributed by atoms with Gasteiger partial charge in [-0.25, -0.2) is 0 Å². The number of rotatable bonds is 11. The molecule has 0 aromatic rings. The van der Waals surface area contributed by atoms with Gasteiger partial charge in [0.25, 0.3) is 0 Å². The third-order valence-corrected chi connectivity index (χ3v) is 4.70. The molecule has 20 heavy (non-hydrogen) atoms. The predicted octanol–water partition coefficient (Wildman–Crippen LogP) is 5.64. The van der Waals surface area contributed by atoms with Crippen LogP contribution in [-0.2, 0) is 9.53 Å². The van der Waals surface area contributed by atoms with Crippen LogP contribution < -0.4 is 0 Å². The first-order valence-electron chi connectivity index (χ1n) is 8.89. The van der Waals surface area contributed by atoms with Crippen LogP contribution in [0.1, 0.15) is 96.3 Å². The lowest BCUT2D eigenvalue weighted by molar-refractivity contribution is -0.140. The van der Waals surface area contributed by atoms with Crippen LogP contribution in [0.4, 0.5) is 0 Å². The fourth-order valence-electron chi connectivity index (χ4n) is 3.34. The second kappa shape index (κ2) is 12.2. The smallest absolute Gasteiger partial charge is 0.305 e. The Morgan fingerprint density at radius 2 is 1.40 bits per heavy atom. The SMILES string of the molecule is COC(=O)CCCCCCCCCCC1CCCCC1. The molecule has 0 aliphatic heterocycles. The van der Waals surface area contributed by atoms with E-state index in [2.05, 4.69) is 4.74 Å². The van der Waals surface area contributed by atoms with Crippen molar-refractivity contribution in [3.63, 3.8) is 0 Å². The fourth-order valence-corrected chi connectivity index (χ4v) is 3.34. The van der Waals surface area contributed by atoms with E-state index in [0.29, 0.717) is 6.42 Å². The summed E-state index contributed by atoms with van der Waals surface area (Å²) in [5.74, 6) is 0.995. The molecule has 0 heterocycles. The predicted molar refractivity (Wildman–Crippen MR) is 84.8 cm³/mol. The molecule has 1 aliphatic carbocycles. The molecule has 2 heteroatoms. The number of ether oxygens (including phenoxy) is 1. The van der Waals surface area contributed by atoms with Crippen LogP contribution in [0.25, 0.3) is 0 Å². The zero-order valence-electron chi connectivity index (χ0n) is 13.5. The van der Waals surface area contributed by atoms with Gasteiger partial charge >= 0.3 is 5.97 Å². The maximum absolute atomic E-state index is 10.9. The summed E-state index contributed by atoms with van der Waals surface area (Å²) in [4.78, 5) is 10.9. The summed E-state index contributed by atoms with van der Waals surface area (Å²) in [6.07, 6.45) is 20.0. The molecule has 1 rings (SSSR count). The zero-order valence-corrected chi connectivity index (χ0v) is 13.5. The first-order valence-corrected chi connectivity index (χ1v) is 8.89. The molecule has 0 radical (unpaired) electrons. The van der Waals surface area contributed by atoms with Crippen LogP contribution in [0, 0.1) is 5.92 Å². The summed E-state index contributed by atoms with van der Waals surface area (Å²) in [5.41, 5.74) is 0. The summed E-state index contributed by atoms with van der Waals surface area (Å²) in [5, 5.41) is 0. The number of carbonyl (C=O) groups is 1. The number of methoxy groups -OCH3 is 1. The second-order valence-corrected chi connectivity index (χ2v) is 6.45. The Kier molecular flexibility index (Phi) is 10.7. The maximum atomic E-state index is 10.9. The molecule has 0 aromatic carbocycles. The number of hydrogen-bond acceptors (Lipinski definition) is 2. The van der Waals surface area contributed by atoms with Crippen molar-refractivity contribution in [1.29, 1.82) is 0 Å². The van der Waals surface area contributed by atoms with Gasteiger partial charge in [0.15, 0.2) is 0 Å².